The van der Waals surface area contributed by atoms with Crippen LogP contribution in [-0.2, 0) is 16.6 Å². The van der Waals surface area contributed by atoms with Crippen molar-refractivity contribution < 1.29 is 14.3 Å². The molecule has 3 N–H and O–H groups in total. The van der Waals surface area contributed by atoms with Gasteiger partial charge in [-0.3, -0.25) is 14.4 Å². The van der Waals surface area contributed by atoms with Gasteiger partial charge in [0.05, 0.1) is 11.2 Å². The summed E-state index contributed by atoms with van der Waals surface area (Å²) in [5.74, 6) is 0.471. The van der Waals surface area contributed by atoms with Gasteiger partial charge in [-0.25, -0.2) is 19.7 Å². The normalized spacial score (nSPS) is 12.5. The minimum absolute atomic E-state index is 0.297. The Hall–Kier alpha value is -4.28. The third-order valence-electron chi connectivity index (χ3n) is 5.94. The van der Waals surface area contributed by atoms with E-state index < -0.39 is 23.6 Å². The van der Waals surface area contributed by atoms with Crippen LogP contribution in [0.5, 0.6) is 0 Å². The van der Waals surface area contributed by atoms with Gasteiger partial charge in [0.1, 0.15) is 40.0 Å². The van der Waals surface area contributed by atoms with Crippen LogP contribution in [0.25, 0.3) is 33.2 Å². The van der Waals surface area contributed by atoms with E-state index in [1.54, 1.807) is 50.6 Å². The molecule has 0 fully saturated rings. The SMILES string of the molecule is Cc1nc(-c2cc(NC(=O)C(C)N(C)C(=O)OC(C)(C)C)nc3cc(N)ccc23)c2c(n1)c(C)nn2C. The number of nitrogen functional groups attached to an aromatic ring is 1. The highest BCUT2D eigenvalue weighted by Crippen LogP contribution is 2.34. The molecule has 0 aliphatic carbocycles. The largest absolute Gasteiger partial charge is 0.444 e. The number of carbonyl (C=O) groups excluding carboxylic acids is 2. The number of likely N-dealkylation sites (N-methyl/N-ethyl adjacent to an activating group) is 1. The van der Waals surface area contributed by atoms with E-state index in [-0.39, 0.29) is 0 Å². The topological polar surface area (TPSA) is 141 Å². The van der Waals surface area contributed by atoms with Crippen molar-refractivity contribution in [3.8, 4) is 11.3 Å². The molecule has 37 heavy (non-hydrogen) atoms. The number of nitrogens with zero attached hydrogens (tertiary/aromatic N) is 6. The number of nitrogens with two attached hydrogens (primary N) is 1. The van der Waals surface area contributed by atoms with Crippen molar-refractivity contribution in [2.45, 2.75) is 53.2 Å². The van der Waals surface area contributed by atoms with Crippen LogP contribution in [0.4, 0.5) is 16.3 Å². The van der Waals surface area contributed by atoms with Gasteiger partial charge in [0, 0.05) is 30.7 Å². The van der Waals surface area contributed by atoms with E-state index in [1.807, 2.05) is 27.0 Å². The van der Waals surface area contributed by atoms with Crippen molar-refractivity contribution >= 4 is 45.4 Å². The maximum Gasteiger partial charge on any atom is 0.410 e. The van der Waals surface area contributed by atoms with Crippen molar-refractivity contribution in [2.75, 3.05) is 18.1 Å². The first kappa shape index (κ1) is 25.8. The van der Waals surface area contributed by atoms with Crippen LogP contribution in [0.1, 0.15) is 39.2 Å². The number of aryl methyl sites for hydroxylation is 3. The van der Waals surface area contributed by atoms with Gasteiger partial charge in [-0.2, -0.15) is 5.10 Å². The molecule has 3 aromatic heterocycles. The summed E-state index contributed by atoms with van der Waals surface area (Å²) in [5, 5.41) is 8.17. The lowest BCUT2D eigenvalue weighted by Gasteiger charge is -2.28. The second-order valence-electron chi connectivity index (χ2n) is 10.1. The molecule has 11 nitrogen and oxygen atoms in total. The molecule has 0 bridgehead atoms. The molecule has 1 atom stereocenters. The smallest absolute Gasteiger partial charge is 0.410 e. The monoisotopic (exact) mass is 504 g/mol. The zero-order chi connectivity index (χ0) is 27.2. The van der Waals surface area contributed by atoms with Crippen molar-refractivity contribution in [1.82, 2.24) is 29.6 Å². The molecule has 0 aliphatic heterocycles. The zero-order valence-corrected chi connectivity index (χ0v) is 22.4. The van der Waals surface area contributed by atoms with Gasteiger partial charge in [0.15, 0.2) is 0 Å². The molecule has 0 saturated heterocycles. The zero-order valence-electron chi connectivity index (χ0n) is 22.4. The molecule has 194 valence electrons. The Kier molecular flexibility index (Phi) is 6.49. The van der Waals surface area contributed by atoms with E-state index in [2.05, 4.69) is 20.4 Å². The van der Waals surface area contributed by atoms with Gasteiger partial charge >= 0.3 is 6.09 Å². The summed E-state index contributed by atoms with van der Waals surface area (Å²) in [7, 11) is 3.36. The minimum atomic E-state index is -0.815. The summed E-state index contributed by atoms with van der Waals surface area (Å²) in [5.41, 5.74) is 10.2. The molecule has 0 saturated carbocycles. The number of fused-ring (bicyclic) bond motifs is 2. The average molecular weight is 505 g/mol. The van der Waals surface area contributed by atoms with Gasteiger partial charge in [0.25, 0.3) is 0 Å². The van der Waals surface area contributed by atoms with Crippen LogP contribution in [0, 0.1) is 13.8 Å². The molecular formula is C26H32N8O3. The van der Waals surface area contributed by atoms with Gasteiger partial charge in [-0.15, -0.1) is 0 Å². The fourth-order valence-electron chi connectivity index (χ4n) is 4.04. The number of anilines is 2. The second kappa shape index (κ2) is 9.30. The highest BCUT2D eigenvalue weighted by Gasteiger charge is 2.27. The minimum Gasteiger partial charge on any atom is -0.444 e. The maximum atomic E-state index is 13.1. The van der Waals surface area contributed by atoms with Gasteiger partial charge < -0.3 is 15.8 Å². The molecule has 0 radical (unpaired) electrons. The predicted octanol–water partition coefficient (Wildman–Crippen LogP) is 3.97. The first-order valence-electron chi connectivity index (χ1n) is 11.9. The fraction of sp³-hybridized carbons (Fsp3) is 0.385. The maximum absolute atomic E-state index is 13.1. The number of aromatic nitrogens is 5. The number of benzene rings is 1. The van der Waals surface area contributed by atoms with Crippen molar-refractivity contribution in [3.05, 3.63) is 35.8 Å². The van der Waals surface area contributed by atoms with E-state index in [1.165, 1.54) is 11.9 Å². The standard InChI is InChI=1S/C26H32N8O3/c1-13-21-23(34(8)32-13)22(29-15(3)28-21)18-12-20(30-19-11-16(27)9-10-17(18)19)31-24(35)14(2)33(7)25(36)37-26(4,5)6/h9-12,14H,27H2,1-8H3,(H,30,31,35). The van der Waals surface area contributed by atoms with E-state index in [0.29, 0.717) is 28.5 Å². The summed E-state index contributed by atoms with van der Waals surface area (Å²) in [6, 6.07) is 6.36. The Labute approximate surface area is 215 Å². The highest BCUT2D eigenvalue weighted by atomic mass is 16.6. The summed E-state index contributed by atoms with van der Waals surface area (Å²) in [6.07, 6.45) is -0.597. The van der Waals surface area contributed by atoms with Crippen molar-refractivity contribution in [3.63, 3.8) is 0 Å². The summed E-state index contributed by atoms with van der Waals surface area (Å²) in [4.78, 5) is 40.8. The van der Waals surface area contributed by atoms with Crippen LogP contribution >= 0.6 is 0 Å². The van der Waals surface area contributed by atoms with Crippen molar-refractivity contribution in [1.29, 1.82) is 0 Å². The third-order valence-corrected chi connectivity index (χ3v) is 5.94. The van der Waals surface area contributed by atoms with Gasteiger partial charge in [-0.05, 0) is 59.7 Å². The molecule has 1 aromatic carbocycles. The van der Waals surface area contributed by atoms with Crippen molar-refractivity contribution in [2.24, 2.45) is 7.05 Å². The van der Waals surface area contributed by atoms with Gasteiger partial charge in [0.2, 0.25) is 5.91 Å². The molecule has 2 amide bonds. The molecule has 11 heteroatoms. The van der Waals surface area contributed by atoms with E-state index >= 15 is 0 Å². The number of ether oxygens (including phenoxy) is 1. The second-order valence-corrected chi connectivity index (χ2v) is 10.1. The number of carbonyl (C=O) groups is 2. The van der Waals surface area contributed by atoms with E-state index in [0.717, 1.165) is 27.7 Å². The Morgan fingerprint density at radius 2 is 1.84 bits per heavy atom. The summed E-state index contributed by atoms with van der Waals surface area (Å²) in [6.45, 7) is 10.7. The number of nitrogens with one attached hydrogen (secondary N) is 1. The van der Waals surface area contributed by atoms with Crippen LogP contribution in [-0.4, -0.2) is 60.3 Å². The van der Waals surface area contributed by atoms with Crippen LogP contribution in [0.3, 0.4) is 0 Å². The number of rotatable bonds is 4. The Morgan fingerprint density at radius 3 is 2.51 bits per heavy atom. The summed E-state index contributed by atoms with van der Waals surface area (Å²) < 4.78 is 7.14. The fourth-order valence-corrected chi connectivity index (χ4v) is 4.04. The molecule has 0 aliphatic rings. The third kappa shape index (κ3) is 5.16. The molecule has 1 unspecified atom stereocenters. The number of pyridine rings is 1. The lowest BCUT2D eigenvalue weighted by Crippen LogP contribution is -2.45. The number of hydrogen-bond acceptors (Lipinski definition) is 8. The first-order valence-corrected chi connectivity index (χ1v) is 11.9. The molecule has 0 spiro atoms. The highest BCUT2D eigenvalue weighted by molar-refractivity contribution is 6.04. The van der Waals surface area contributed by atoms with Crippen LogP contribution in [0.2, 0.25) is 0 Å². The predicted molar refractivity (Wildman–Crippen MR) is 143 cm³/mol. The average Bonchev–Trinajstić information content (AvgIpc) is 3.08. The molecule has 4 aromatic rings. The summed E-state index contributed by atoms with van der Waals surface area (Å²) >= 11 is 0. The lowest BCUT2D eigenvalue weighted by atomic mass is 10.0. The quantitative estimate of drug-likeness (QED) is 0.398. The Bertz CT molecular complexity index is 1540. The molecule has 3 heterocycles. The Morgan fingerprint density at radius 1 is 1.14 bits per heavy atom. The van der Waals surface area contributed by atoms with Gasteiger partial charge in [-0.1, -0.05) is 6.07 Å². The number of hydrogen-bond donors (Lipinski definition) is 2. The number of amides is 2. The van der Waals surface area contributed by atoms with E-state index in [9.17, 15) is 9.59 Å². The first-order chi connectivity index (χ1) is 17.2. The molecular weight excluding hydrogens is 472 g/mol. The van der Waals surface area contributed by atoms with Crippen LogP contribution in [0.15, 0.2) is 24.3 Å². The lowest BCUT2D eigenvalue weighted by molar-refractivity contribution is -0.120. The Balaban J connectivity index is 1.79. The van der Waals surface area contributed by atoms with Crippen LogP contribution < -0.4 is 11.1 Å². The molecule has 4 rings (SSSR count). The van der Waals surface area contributed by atoms with E-state index in [4.69, 9.17) is 15.5 Å².